The zero-order chi connectivity index (χ0) is 29.3. The number of carbonyl (C=O) groups excluding carboxylic acids is 4. The van der Waals surface area contributed by atoms with Crippen molar-refractivity contribution in [2.75, 3.05) is 11.5 Å². The van der Waals surface area contributed by atoms with Crippen LogP contribution in [0.25, 0.3) is 0 Å². The van der Waals surface area contributed by atoms with Gasteiger partial charge < -0.3 is 4.74 Å². The van der Waals surface area contributed by atoms with Gasteiger partial charge in [-0.1, -0.05) is 41.9 Å². The predicted molar refractivity (Wildman–Crippen MR) is 154 cm³/mol. The van der Waals surface area contributed by atoms with Gasteiger partial charge in [-0.25, -0.2) is 14.7 Å². The van der Waals surface area contributed by atoms with Crippen LogP contribution in [0.3, 0.4) is 0 Å². The molecule has 0 saturated carbocycles. The lowest BCUT2D eigenvalue weighted by atomic mass is 9.87. The van der Waals surface area contributed by atoms with Gasteiger partial charge in [0.15, 0.2) is 12.4 Å². The Labute approximate surface area is 250 Å². The van der Waals surface area contributed by atoms with Gasteiger partial charge in [-0.2, -0.15) is 5.26 Å². The molecule has 5 rings (SSSR count). The van der Waals surface area contributed by atoms with E-state index in [2.05, 4.69) is 13.0 Å². The number of imide groups is 1. The van der Waals surface area contributed by atoms with Crippen LogP contribution in [0, 0.1) is 17.2 Å². The fourth-order valence-corrected chi connectivity index (χ4v) is 6.21. The van der Waals surface area contributed by atoms with Crippen LogP contribution >= 0.6 is 35.0 Å². The standard InChI is InChI=1S/C30H23Cl2N3O5S/c1-16-2-9-24-19(10-16)11-20(14-33)28(34-24)41-26-13-27(37)35(29(26)38)21-6-3-17(4-7-21)30(39)40-15-25(36)18-5-8-22(31)23(32)12-18/h3-8,11-12,16,26H,2,9-10,13,15H2,1H3. The predicted octanol–water partition coefficient (Wildman–Crippen LogP) is 5.85. The number of aromatic nitrogens is 1. The topological polar surface area (TPSA) is 117 Å². The average molecular weight is 609 g/mol. The molecular weight excluding hydrogens is 585 g/mol. The molecule has 11 heteroatoms. The Morgan fingerprint density at radius 2 is 1.80 bits per heavy atom. The minimum absolute atomic E-state index is 0.0369. The van der Waals surface area contributed by atoms with Crippen LogP contribution in [-0.2, 0) is 27.2 Å². The van der Waals surface area contributed by atoms with E-state index in [1.807, 2.05) is 6.07 Å². The molecule has 0 spiro atoms. The Balaban J connectivity index is 1.24. The molecule has 2 aliphatic rings. The average Bonchev–Trinajstić information content (AvgIpc) is 3.24. The summed E-state index contributed by atoms with van der Waals surface area (Å²) in [5, 5.41) is 9.95. The van der Waals surface area contributed by atoms with E-state index in [0.717, 1.165) is 47.2 Å². The molecule has 0 N–H and O–H groups in total. The highest BCUT2D eigenvalue weighted by Gasteiger charge is 2.41. The minimum Gasteiger partial charge on any atom is -0.454 e. The van der Waals surface area contributed by atoms with Gasteiger partial charge in [0.2, 0.25) is 11.8 Å². The number of esters is 1. The van der Waals surface area contributed by atoms with Crippen LogP contribution in [0.4, 0.5) is 5.69 Å². The molecule has 2 amide bonds. The number of aryl methyl sites for hydroxylation is 1. The van der Waals surface area contributed by atoms with Crippen molar-refractivity contribution in [2.45, 2.75) is 42.9 Å². The number of carbonyl (C=O) groups is 4. The van der Waals surface area contributed by atoms with E-state index in [0.29, 0.717) is 27.2 Å². The van der Waals surface area contributed by atoms with Crippen molar-refractivity contribution in [1.29, 1.82) is 5.26 Å². The molecule has 3 aromatic rings. The van der Waals surface area contributed by atoms with E-state index in [4.69, 9.17) is 32.9 Å². The second-order valence-electron chi connectivity index (χ2n) is 9.96. The summed E-state index contributed by atoms with van der Waals surface area (Å²) in [5.74, 6) is -1.47. The Hall–Kier alpha value is -3.71. The minimum atomic E-state index is -0.741. The summed E-state index contributed by atoms with van der Waals surface area (Å²) >= 11 is 12.9. The fourth-order valence-electron chi connectivity index (χ4n) is 4.81. The number of halogens is 2. The lowest BCUT2D eigenvalue weighted by Gasteiger charge is -2.22. The third-order valence-corrected chi connectivity index (χ3v) is 8.94. The molecule has 2 unspecified atom stereocenters. The van der Waals surface area contributed by atoms with Crippen LogP contribution in [0.15, 0.2) is 53.6 Å². The lowest BCUT2D eigenvalue weighted by molar-refractivity contribution is -0.121. The van der Waals surface area contributed by atoms with E-state index in [1.54, 1.807) is 0 Å². The first-order valence-electron chi connectivity index (χ1n) is 12.9. The molecular formula is C30H23Cl2N3O5S. The summed E-state index contributed by atoms with van der Waals surface area (Å²) in [6.07, 6.45) is 2.66. The number of hydrogen-bond acceptors (Lipinski definition) is 8. The molecule has 41 heavy (non-hydrogen) atoms. The normalized spacial score (nSPS) is 18.1. The number of fused-ring (bicyclic) bond motifs is 1. The van der Waals surface area contributed by atoms with Gasteiger partial charge in [-0.05, 0) is 79.3 Å². The van der Waals surface area contributed by atoms with Crippen LogP contribution in [-0.4, -0.2) is 40.4 Å². The number of pyridine rings is 1. The summed E-state index contributed by atoms with van der Waals surface area (Å²) in [6, 6.07) is 14.2. The van der Waals surface area contributed by atoms with Crippen LogP contribution in [0.2, 0.25) is 10.0 Å². The number of anilines is 1. The molecule has 208 valence electrons. The number of rotatable bonds is 7. The van der Waals surface area contributed by atoms with E-state index in [-0.39, 0.29) is 28.5 Å². The Kier molecular flexibility index (Phi) is 8.45. The number of thioether (sulfide) groups is 1. The molecule has 2 heterocycles. The zero-order valence-corrected chi connectivity index (χ0v) is 24.2. The molecule has 0 bridgehead atoms. The summed E-state index contributed by atoms with van der Waals surface area (Å²) < 4.78 is 5.12. The number of nitrogens with zero attached hydrogens (tertiary/aromatic N) is 3. The summed E-state index contributed by atoms with van der Waals surface area (Å²) in [7, 11) is 0. The molecule has 1 fully saturated rings. The van der Waals surface area contributed by atoms with Crippen molar-refractivity contribution in [2.24, 2.45) is 5.92 Å². The maximum Gasteiger partial charge on any atom is 0.338 e. The van der Waals surface area contributed by atoms with Gasteiger partial charge in [0.25, 0.3) is 0 Å². The van der Waals surface area contributed by atoms with Crippen molar-refractivity contribution in [1.82, 2.24) is 4.98 Å². The summed E-state index contributed by atoms with van der Waals surface area (Å²) in [5.41, 5.74) is 3.12. The van der Waals surface area contributed by atoms with Crippen molar-refractivity contribution < 1.29 is 23.9 Å². The highest BCUT2D eigenvalue weighted by molar-refractivity contribution is 8.00. The number of nitriles is 1. The van der Waals surface area contributed by atoms with Crippen molar-refractivity contribution in [3.8, 4) is 6.07 Å². The molecule has 0 radical (unpaired) electrons. The fraction of sp³-hybridized carbons (Fsp3) is 0.267. The molecule has 8 nitrogen and oxygen atoms in total. The monoisotopic (exact) mass is 607 g/mol. The highest BCUT2D eigenvalue weighted by Crippen LogP contribution is 2.36. The van der Waals surface area contributed by atoms with Crippen LogP contribution < -0.4 is 4.90 Å². The van der Waals surface area contributed by atoms with E-state index in [9.17, 15) is 24.4 Å². The summed E-state index contributed by atoms with van der Waals surface area (Å²) in [6.45, 7) is 1.67. The number of Topliss-reactive ketones (excluding diaryl/α,β-unsaturated/α-hetero) is 1. The van der Waals surface area contributed by atoms with Gasteiger partial charge in [0.05, 0.1) is 32.1 Å². The maximum absolute atomic E-state index is 13.3. The second kappa shape index (κ2) is 12.0. The number of hydrogen-bond donors (Lipinski definition) is 0. The van der Waals surface area contributed by atoms with E-state index < -0.39 is 29.5 Å². The van der Waals surface area contributed by atoms with Gasteiger partial charge >= 0.3 is 5.97 Å². The Morgan fingerprint density at radius 1 is 1.07 bits per heavy atom. The third-order valence-electron chi connectivity index (χ3n) is 7.02. The highest BCUT2D eigenvalue weighted by atomic mass is 35.5. The van der Waals surface area contributed by atoms with Gasteiger partial charge in [0.1, 0.15) is 11.1 Å². The molecule has 1 saturated heterocycles. The number of ketones is 1. The smallest absolute Gasteiger partial charge is 0.338 e. The van der Waals surface area contributed by atoms with Gasteiger partial charge in [-0.15, -0.1) is 0 Å². The molecule has 2 atom stereocenters. The lowest BCUT2D eigenvalue weighted by Crippen LogP contribution is -2.31. The van der Waals surface area contributed by atoms with Crippen LogP contribution in [0.5, 0.6) is 0 Å². The van der Waals surface area contributed by atoms with Crippen molar-refractivity contribution in [3.63, 3.8) is 0 Å². The largest absolute Gasteiger partial charge is 0.454 e. The molecule has 2 aromatic carbocycles. The van der Waals surface area contributed by atoms with E-state index >= 15 is 0 Å². The van der Waals surface area contributed by atoms with E-state index in [1.165, 1.54) is 42.5 Å². The maximum atomic E-state index is 13.3. The van der Waals surface area contributed by atoms with Crippen molar-refractivity contribution in [3.05, 3.63) is 86.5 Å². The quantitative estimate of drug-likeness (QED) is 0.186. The van der Waals surface area contributed by atoms with Gasteiger partial charge in [0, 0.05) is 17.7 Å². The van der Waals surface area contributed by atoms with Gasteiger partial charge in [-0.3, -0.25) is 14.4 Å². The first kappa shape index (κ1) is 28.8. The zero-order valence-electron chi connectivity index (χ0n) is 21.9. The second-order valence-corrected chi connectivity index (χ2v) is 12.0. The van der Waals surface area contributed by atoms with Crippen LogP contribution in [0.1, 0.15) is 57.3 Å². The third kappa shape index (κ3) is 6.15. The molecule has 1 aliphatic carbocycles. The number of ether oxygens (including phenoxy) is 1. The molecule has 1 aliphatic heterocycles. The molecule has 1 aromatic heterocycles. The number of amides is 2. The SMILES string of the molecule is CC1CCc2nc(SC3CC(=O)N(c4ccc(C(=O)OCC(=O)c5ccc(Cl)c(Cl)c5)cc4)C3=O)c(C#N)cc2C1. The first-order valence-corrected chi connectivity index (χ1v) is 14.5. The Morgan fingerprint density at radius 3 is 2.51 bits per heavy atom. The van der Waals surface area contributed by atoms with Crippen molar-refractivity contribution >= 4 is 64.2 Å². The first-order chi connectivity index (χ1) is 19.6. The Bertz CT molecular complexity index is 1620. The number of benzene rings is 2. The summed E-state index contributed by atoms with van der Waals surface area (Å²) in [4.78, 5) is 56.7.